The fraction of sp³-hybridized carbons (Fsp3) is 0.400. The van der Waals surface area contributed by atoms with E-state index in [0.29, 0.717) is 25.1 Å². The van der Waals surface area contributed by atoms with E-state index >= 15 is 0 Å². The number of carbonyl (C=O) groups excluding carboxylic acids is 1. The van der Waals surface area contributed by atoms with Gasteiger partial charge in [0.05, 0.1) is 35.4 Å². The normalized spacial score (nSPS) is 19.8. The largest absolute Gasteiger partial charge is 0.417 e. The highest BCUT2D eigenvalue weighted by molar-refractivity contribution is 6.04. The zero-order valence-electron chi connectivity index (χ0n) is 22.2. The monoisotopic (exact) mass is 538 g/mol. The van der Waals surface area contributed by atoms with Crippen molar-refractivity contribution in [2.45, 2.75) is 44.4 Å². The van der Waals surface area contributed by atoms with Gasteiger partial charge in [0.2, 0.25) is 0 Å². The summed E-state index contributed by atoms with van der Waals surface area (Å²) < 4.78 is 48.7. The van der Waals surface area contributed by atoms with E-state index in [-0.39, 0.29) is 22.9 Å². The van der Waals surface area contributed by atoms with Gasteiger partial charge in [0, 0.05) is 50.5 Å². The summed E-state index contributed by atoms with van der Waals surface area (Å²) in [7, 11) is 1.73. The molecule has 2 fully saturated rings. The lowest BCUT2D eigenvalue weighted by Gasteiger charge is -2.34. The molecule has 3 aromatic rings. The van der Waals surface area contributed by atoms with Gasteiger partial charge in [-0.05, 0) is 61.6 Å². The number of carbonyl (C=O) groups is 1. The Morgan fingerprint density at radius 3 is 2.41 bits per heavy atom. The Hall–Kier alpha value is -3.59. The van der Waals surface area contributed by atoms with Crippen LogP contribution < -0.4 is 15.1 Å². The van der Waals surface area contributed by atoms with Gasteiger partial charge in [-0.15, -0.1) is 0 Å². The Bertz CT molecular complexity index is 1320. The Labute approximate surface area is 226 Å². The fourth-order valence-corrected chi connectivity index (χ4v) is 5.78. The van der Waals surface area contributed by atoms with E-state index in [1.54, 1.807) is 49.7 Å². The third-order valence-corrected chi connectivity index (χ3v) is 7.77. The van der Waals surface area contributed by atoms with Gasteiger partial charge >= 0.3 is 6.18 Å². The zero-order valence-corrected chi connectivity index (χ0v) is 22.2. The van der Waals surface area contributed by atoms with E-state index in [4.69, 9.17) is 4.74 Å². The average molecular weight is 539 g/mol. The minimum absolute atomic E-state index is 0.148. The van der Waals surface area contributed by atoms with E-state index in [1.807, 2.05) is 6.20 Å². The molecule has 0 aliphatic carbocycles. The number of piperidine rings is 1. The molecule has 39 heavy (non-hydrogen) atoms. The Kier molecular flexibility index (Phi) is 7.79. The van der Waals surface area contributed by atoms with Crippen molar-refractivity contribution in [2.24, 2.45) is 0 Å². The molecule has 2 atom stereocenters. The minimum atomic E-state index is -4.55. The summed E-state index contributed by atoms with van der Waals surface area (Å²) >= 11 is 0. The molecule has 1 amide bonds. The summed E-state index contributed by atoms with van der Waals surface area (Å²) in [5.41, 5.74) is 2.10. The van der Waals surface area contributed by atoms with Crippen LogP contribution in [-0.4, -0.2) is 50.3 Å². The van der Waals surface area contributed by atoms with E-state index < -0.39 is 23.6 Å². The van der Waals surface area contributed by atoms with Gasteiger partial charge < -0.3 is 19.9 Å². The number of amides is 1. The first kappa shape index (κ1) is 27.0. The number of ether oxygens (including phenoxy) is 1. The molecule has 206 valence electrons. The van der Waals surface area contributed by atoms with Crippen molar-refractivity contribution in [1.82, 2.24) is 4.98 Å². The number of aromatic nitrogens is 1. The van der Waals surface area contributed by atoms with E-state index in [0.717, 1.165) is 37.3 Å². The van der Waals surface area contributed by atoms with Crippen LogP contribution in [0.4, 0.5) is 30.2 Å². The van der Waals surface area contributed by atoms with Crippen LogP contribution >= 0.6 is 0 Å². The first-order valence-electron chi connectivity index (χ1n) is 13.3. The molecule has 6 nitrogen and oxygen atoms in total. The van der Waals surface area contributed by atoms with Crippen LogP contribution in [0, 0.1) is 6.92 Å². The van der Waals surface area contributed by atoms with Crippen LogP contribution in [0.25, 0.3) is 0 Å². The van der Waals surface area contributed by atoms with Crippen LogP contribution in [0.2, 0.25) is 0 Å². The third-order valence-electron chi connectivity index (χ3n) is 7.77. The lowest BCUT2D eigenvalue weighted by atomic mass is 9.88. The maximum atomic E-state index is 14.4. The fourth-order valence-electron chi connectivity index (χ4n) is 5.78. The van der Waals surface area contributed by atoms with Gasteiger partial charge in [0.25, 0.3) is 5.91 Å². The number of rotatable bonds is 6. The molecule has 3 heterocycles. The predicted molar refractivity (Wildman–Crippen MR) is 147 cm³/mol. The molecule has 2 saturated heterocycles. The standard InChI is InChI=1S/C30H33F3N4O2/c1-20-10-11-26(35-29(38)21-7-4-3-5-8-21)27(28(20)30(31,32)33)22-12-14-37(18-22)24-15-23(16-34-17-24)36-13-6-9-25(19-36)39-2/h3-5,7-8,10-11,15-17,22,25H,6,9,12-14,18-19H2,1-2H3,(H,35,38)/t22-,25-/m1/s1. The summed E-state index contributed by atoms with van der Waals surface area (Å²) in [4.78, 5) is 21.7. The molecule has 0 radical (unpaired) electrons. The highest BCUT2D eigenvalue weighted by atomic mass is 19.4. The number of anilines is 3. The molecular weight excluding hydrogens is 505 g/mol. The second-order valence-corrected chi connectivity index (χ2v) is 10.3. The van der Waals surface area contributed by atoms with Crippen LogP contribution in [-0.2, 0) is 10.9 Å². The van der Waals surface area contributed by atoms with Crippen molar-refractivity contribution in [2.75, 3.05) is 48.4 Å². The Balaban J connectivity index is 1.43. The van der Waals surface area contributed by atoms with Gasteiger partial charge in [-0.3, -0.25) is 9.78 Å². The van der Waals surface area contributed by atoms with E-state index in [9.17, 15) is 18.0 Å². The highest BCUT2D eigenvalue weighted by Crippen LogP contribution is 2.44. The van der Waals surface area contributed by atoms with Gasteiger partial charge in [0.1, 0.15) is 0 Å². The number of nitrogens with one attached hydrogen (secondary N) is 1. The Morgan fingerprint density at radius 1 is 1.00 bits per heavy atom. The smallest absolute Gasteiger partial charge is 0.380 e. The van der Waals surface area contributed by atoms with E-state index in [1.165, 1.54) is 13.0 Å². The van der Waals surface area contributed by atoms with Crippen molar-refractivity contribution in [3.05, 3.63) is 83.2 Å². The second-order valence-electron chi connectivity index (χ2n) is 10.3. The summed E-state index contributed by atoms with van der Waals surface area (Å²) in [6.45, 7) is 4.16. The average Bonchev–Trinajstić information content (AvgIpc) is 3.44. The number of alkyl halides is 3. The number of hydrogen-bond acceptors (Lipinski definition) is 5. The number of methoxy groups -OCH3 is 1. The summed E-state index contributed by atoms with van der Waals surface area (Å²) in [6.07, 6.45) is 1.80. The number of hydrogen-bond donors (Lipinski definition) is 1. The van der Waals surface area contributed by atoms with Crippen LogP contribution in [0.3, 0.4) is 0 Å². The Morgan fingerprint density at radius 2 is 1.72 bits per heavy atom. The molecule has 0 bridgehead atoms. The number of halogens is 3. The van der Waals surface area contributed by atoms with Crippen molar-refractivity contribution < 1.29 is 22.7 Å². The van der Waals surface area contributed by atoms with Crippen molar-refractivity contribution >= 4 is 23.0 Å². The minimum Gasteiger partial charge on any atom is -0.380 e. The zero-order chi connectivity index (χ0) is 27.6. The van der Waals surface area contributed by atoms with Crippen LogP contribution in [0.15, 0.2) is 60.9 Å². The quantitative estimate of drug-likeness (QED) is 0.401. The van der Waals surface area contributed by atoms with Crippen LogP contribution in [0.5, 0.6) is 0 Å². The van der Waals surface area contributed by atoms with Crippen molar-refractivity contribution in [3.8, 4) is 0 Å². The molecule has 0 unspecified atom stereocenters. The molecule has 2 aliphatic rings. The number of pyridine rings is 1. The number of benzene rings is 2. The summed E-state index contributed by atoms with van der Waals surface area (Å²) in [6, 6.07) is 13.6. The van der Waals surface area contributed by atoms with E-state index in [2.05, 4.69) is 26.2 Å². The molecule has 1 N–H and O–H groups in total. The topological polar surface area (TPSA) is 57.7 Å². The lowest BCUT2D eigenvalue weighted by Crippen LogP contribution is -2.39. The molecule has 9 heteroatoms. The van der Waals surface area contributed by atoms with Crippen LogP contribution in [0.1, 0.15) is 52.2 Å². The number of aryl methyl sites for hydroxylation is 1. The number of nitrogens with zero attached hydrogens (tertiary/aromatic N) is 3. The van der Waals surface area contributed by atoms with Crippen molar-refractivity contribution in [3.63, 3.8) is 0 Å². The molecule has 2 aromatic carbocycles. The first-order valence-corrected chi connectivity index (χ1v) is 13.3. The maximum absolute atomic E-state index is 14.4. The molecule has 2 aliphatic heterocycles. The predicted octanol–water partition coefficient (Wildman–Crippen LogP) is 6.27. The molecule has 5 rings (SSSR count). The molecule has 0 saturated carbocycles. The third kappa shape index (κ3) is 5.88. The maximum Gasteiger partial charge on any atom is 0.417 e. The van der Waals surface area contributed by atoms with Gasteiger partial charge in [0.15, 0.2) is 0 Å². The second kappa shape index (κ2) is 11.3. The first-order chi connectivity index (χ1) is 18.7. The van der Waals surface area contributed by atoms with Gasteiger partial charge in [-0.1, -0.05) is 24.3 Å². The summed E-state index contributed by atoms with van der Waals surface area (Å²) in [5.74, 6) is -0.847. The highest BCUT2D eigenvalue weighted by Gasteiger charge is 2.40. The SMILES string of the molecule is CO[C@@H]1CCCN(c2cncc(N3CC[C@@H](c4c(NC(=O)c5ccccc5)ccc(C)c4C(F)(F)F)C3)c2)C1. The summed E-state index contributed by atoms with van der Waals surface area (Å²) in [5, 5.41) is 2.77. The lowest BCUT2D eigenvalue weighted by molar-refractivity contribution is -0.138. The molecule has 0 spiro atoms. The van der Waals surface area contributed by atoms with Crippen molar-refractivity contribution in [1.29, 1.82) is 0 Å². The molecular formula is C30H33F3N4O2. The van der Waals surface area contributed by atoms with Gasteiger partial charge in [-0.2, -0.15) is 13.2 Å². The van der Waals surface area contributed by atoms with Gasteiger partial charge in [-0.25, -0.2) is 0 Å². The molecule has 1 aromatic heterocycles.